The summed E-state index contributed by atoms with van der Waals surface area (Å²) in [7, 11) is 0. The average Bonchev–Trinajstić information content (AvgIpc) is 2.89. The third-order valence-electron chi connectivity index (χ3n) is 5.43. The highest BCUT2D eigenvalue weighted by Gasteiger charge is 2.35. The summed E-state index contributed by atoms with van der Waals surface area (Å²) < 4.78 is 0. The number of Topliss-reactive ketones (excluding diaryl/α,β-unsaturated/α-hetero) is 2. The molecule has 0 aromatic heterocycles. The molecule has 1 fully saturated rings. The second-order valence-corrected chi connectivity index (χ2v) is 7.13. The van der Waals surface area contributed by atoms with Crippen molar-refractivity contribution in [1.82, 2.24) is 0 Å². The van der Waals surface area contributed by atoms with E-state index in [1.807, 2.05) is 12.1 Å². The SMILES string of the molecule is NC(=O)C(/C=C1\C(=O)c2ccc(C3CCCCC3)cc2C1=O)CCC=O. The van der Waals surface area contributed by atoms with Crippen LogP contribution in [0.3, 0.4) is 0 Å². The second kappa shape index (κ2) is 7.77. The zero-order valence-corrected chi connectivity index (χ0v) is 14.7. The van der Waals surface area contributed by atoms with Crippen molar-refractivity contribution < 1.29 is 19.2 Å². The van der Waals surface area contributed by atoms with Crippen molar-refractivity contribution in [2.45, 2.75) is 50.9 Å². The first-order chi connectivity index (χ1) is 12.5. The first-order valence-electron chi connectivity index (χ1n) is 9.21. The van der Waals surface area contributed by atoms with Gasteiger partial charge in [0.05, 0.1) is 11.5 Å². The summed E-state index contributed by atoms with van der Waals surface area (Å²) in [6.45, 7) is 0. The summed E-state index contributed by atoms with van der Waals surface area (Å²) in [5.74, 6) is -1.71. The quantitative estimate of drug-likeness (QED) is 0.483. The van der Waals surface area contributed by atoms with Crippen LogP contribution >= 0.6 is 0 Å². The van der Waals surface area contributed by atoms with Crippen molar-refractivity contribution in [3.8, 4) is 0 Å². The summed E-state index contributed by atoms with van der Waals surface area (Å²) in [6, 6.07) is 5.52. The third-order valence-corrected chi connectivity index (χ3v) is 5.43. The van der Waals surface area contributed by atoms with Crippen molar-refractivity contribution in [1.29, 1.82) is 0 Å². The Labute approximate surface area is 152 Å². The highest BCUT2D eigenvalue weighted by Crippen LogP contribution is 2.36. The van der Waals surface area contributed by atoms with Gasteiger partial charge in [0.1, 0.15) is 6.29 Å². The summed E-state index contributed by atoms with van der Waals surface area (Å²) >= 11 is 0. The molecule has 5 nitrogen and oxygen atoms in total. The molecule has 2 N–H and O–H groups in total. The number of rotatable bonds is 6. The number of benzene rings is 1. The van der Waals surface area contributed by atoms with Crippen LogP contribution in [0.5, 0.6) is 0 Å². The van der Waals surface area contributed by atoms with Crippen LogP contribution in [0.2, 0.25) is 0 Å². The van der Waals surface area contributed by atoms with Gasteiger partial charge in [-0.1, -0.05) is 37.5 Å². The summed E-state index contributed by atoms with van der Waals surface area (Å²) in [4.78, 5) is 47.5. The molecule has 0 bridgehead atoms. The van der Waals surface area contributed by atoms with Gasteiger partial charge in [0.2, 0.25) is 5.91 Å². The molecule has 2 aliphatic rings. The molecular formula is C21H23NO4. The topological polar surface area (TPSA) is 94.3 Å². The number of fused-ring (bicyclic) bond motifs is 1. The highest BCUT2D eigenvalue weighted by atomic mass is 16.2. The number of aldehydes is 1. The number of hydrogen-bond donors (Lipinski definition) is 1. The lowest BCUT2D eigenvalue weighted by atomic mass is 9.83. The van der Waals surface area contributed by atoms with Crippen molar-refractivity contribution in [3.05, 3.63) is 46.5 Å². The van der Waals surface area contributed by atoms with E-state index in [4.69, 9.17) is 5.73 Å². The smallest absolute Gasteiger partial charge is 0.224 e. The van der Waals surface area contributed by atoms with E-state index in [1.165, 1.54) is 25.3 Å². The third kappa shape index (κ3) is 3.52. The van der Waals surface area contributed by atoms with Crippen molar-refractivity contribution in [3.63, 3.8) is 0 Å². The van der Waals surface area contributed by atoms with Gasteiger partial charge in [-0.15, -0.1) is 0 Å². The number of carbonyl (C=O) groups is 4. The van der Waals surface area contributed by atoms with E-state index in [1.54, 1.807) is 6.07 Å². The Morgan fingerprint density at radius 2 is 1.81 bits per heavy atom. The molecule has 26 heavy (non-hydrogen) atoms. The Kier molecular flexibility index (Phi) is 5.45. The molecule has 136 valence electrons. The number of amides is 1. The van der Waals surface area contributed by atoms with Gasteiger partial charge in [0.25, 0.3) is 0 Å². The fraction of sp³-hybridized carbons (Fsp3) is 0.429. The molecule has 1 amide bonds. The Balaban J connectivity index is 1.90. The Hall–Kier alpha value is -2.56. The van der Waals surface area contributed by atoms with Crippen LogP contribution in [0.4, 0.5) is 0 Å². The van der Waals surface area contributed by atoms with Crippen LogP contribution in [0.25, 0.3) is 0 Å². The lowest BCUT2D eigenvalue weighted by Crippen LogP contribution is -2.23. The minimum atomic E-state index is -0.796. The lowest BCUT2D eigenvalue weighted by molar-refractivity contribution is -0.120. The largest absolute Gasteiger partial charge is 0.369 e. The Morgan fingerprint density at radius 1 is 1.12 bits per heavy atom. The summed E-state index contributed by atoms with van der Waals surface area (Å²) in [5, 5.41) is 0. The molecule has 1 aromatic rings. The molecular weight excluding hydrogens is 330 g/mol. The van der Waals surface area contributed by atoms with Crippen LogP contribution in [0, 0.1) is 5.92 Å². The highest BCUT2D eigenvalue weighted by molar-refractivity contribution is 6.39. The van der Waals surface area contributed by atoms with Gasteiger partial charge in [-0.25, -0.2) is 0 Å². The van der Waals surface area contributed by atoms with Crippen LogP contribution in [-0.2, 0) is 9.59 Å². The van der Waals surface area contributed by atoms with Gasteiger partial charge in [0, 0.05) is 17.5 Å². The van der Waals surface area contributed by atoms with E-state index in [-0.39, 0.29) is 30.0 Å². The van der Waals surface area contributed by atoms with Crippen LogP contribution < -0.4 is 5.73 Å². The predicted molar refractivity (Wildman–Crippen MR) is 97.0 cm³/mol. The van der Waals surface area contributed by atoms with E-state index in [9.17, 15) is 19.2 Å². The maximum Gasteiger partial charge on any atom is 0.224 e. The van der Waals surface area contributed by atoms with Crippen LogP contribution in [0.15, 0.2) is 29.8 Å². The molecule has 2 aliphatic carbocycles. The number of ketones is 2. The van der Waals surface area contributed by atoms with E-state index >= 15 is 0 Å². The van der Waals surface area contributed by atoms with E-state index in [0.29, 0.717) is 23.3 Å². The molecule has 1 saturated carbocycles. The maximum absolute atomic E-state index is 12.8. The van der Waals surface area contributed by atoms with Crippen molar-refractivity contribution in [2.75, 3.05) is 0 Å². The Morgan fingerprint density at radius 3 is 2.46 bits per heavy atom. The zero-order valence-electron chi connectivity index (χ0n) is 14.7. The van der Waals surface area contributed by atoms with Crippen molar-refractivity contribution in [2.24, 2.45) is 11.7 Å². The Bertz CT molecular complexity index is 787. The number of allylic oxidation sites excluding steroid dienone is 1. The molecule has 0 radical (unpaired) electrons. The first kappa shape index (κ1) is 18.2. The molecule has 1 aromatic carbocycles. The number of primary amides is 1. The van der Waals surface area contributed by atoms with E-state index in [0.717, 1.165) is 18.4 Å². The fourth-order valence-corrected chi connectivity index (χ4v) is 3.94. The van der Waals surface area contributed by atoms with Crippen LogP contribution in [0.1, 0.15) is 77.1 Å². The van der Waals surface area contributed by atoms with Gasteiger partial charge in [-0.2, -0.15) is 0 Å². The fourth-order valence-electron chi connectivity index (χ4n) is 3.94. The van der Waals surface area contributed by atoms with Gasteiger partial charge in [-0.3, -0.25) is 14.4 Å². The molecule has 1 unspecified atom stereocenters. The van der Waals surface area contributed by atoms with E-state index in [2.05, 4.69) is 0 Å². The van der Waals surface area contributed by atoms with Crippen molar-refractivity contribution >= 4 is 23.8 Å². The molecule has 0 spiro atoms. The number of carbonyl (C=O) groups excluding carboxylic acids is 4. The molecule has 0 heterocycles. The zero-order chi connectivity index (χ0) is 18.7. The molecule has 5 heteroatoms. The molecule has 0 saturated heterocycles. The van der Waals surface area contributed by atoms with Gasteiger partial charge in [-0.05, 0) is 36.8 Å². The van der Waals surface area contributed by atoms with Gasteiger partial charge >= 0.3 is 0 Å². The summed E-state index contributed by atoms with van der Waals surface area (Å²) in [6.07, 6.45) is 8.24. The molecule has 3 rings (SSSR count). The maximum atomic E-state index is 12.8. The minimum absolute atomic E-state index is 0.00417. The second-order valence-electron chi connectivity index (χ2n) is 7.13. The number of hydrogen-bond acceptors (Lipinski definition) is 4. The lowest BCUT2D eigenvalue weighted by Gasteiger charge is -2.22. The molecule has 1 atom stereocenters. The number of nitrogens with two attached hydrogens (primary N) is 1. The van der Waals surface area contributed by atoms with Gasteiger partial charge < -0.3 is 10.5 Å². The standard InChI is InChI=1S/C21H23NO4/c22-21(26)15(7-4-10-23)12-18-19(24)16-9-8-14(11-17(16)20(18)25)13-5-2-1-3-6-13/h8-13,15H,1-7H2,(H2,22,26)/b18-12+. The first-order valence-corrected chi connectivity index (χ1v) is 9.21. The van der Waals surface area contributed by atoms with Gasteiger partial charge in [0.15, 0.2) is 11.6 Å². The van der Waals surface area contributed by atoms with E-state index < -0.39 is 11.8 Å². The minimum Gasteiger partial charge on any atom is -0.369 e. The average molecular weight is 353 g/mol. The normalized spacial score (nSPS) is 20.2. The predicted octanol–water partition coefficient (Wildman–Crippen LogP) is 3.12. The summed E-state index contributed by atoms with van der Waals surface area (Å²) in [5.41, 5.74) is 7.26. The molecule has 0 aliphatic heterocycles. The monoisotopic (exact) mass is 353 g/mol. The van der Waals surface area contributed by atoms with Crippen LogP contribution in [-0.4, -0.2) is 23.8 Å².